The molecule has 1 amide bonds. The summed E-state index contributed by atoms with van der Waals surface area (Å²) in [6, 6.07) is 0. The van der Waals surface area contributed by atoms with Crippen molar-refractivity contribution in [2.45, 2.75) is 71.1 Å². The predicted molar refractivity (Wildman–Crippen MR) is 86.2 cm³/mol. The molecule has 5 nitrogen and oxygen atoms in total. The number of carbonyl (C=O) groups is 1. The van der Waals surface area contributed by atoms with Crippen molar-refractivity contribution in [3.63, 3.8) is 0 Å². The van der Waals surface area contributed by atoms with E-state index < -0.39 is 5.54 Å². The van der Waals surface area contributed by atoms with Gasteiger partial charge < -0.3 is 15.8 Å². The lowest BCUT2D eigenvalue weighted by Crippen LogP contribution is -2.53. The Balaban J connectivity index is 2.34. The summed E-state index contributed by atoms with van der Waals surface area (Å²) in [7, 11) is 0. The van der Waals surface area contributed by atoms with Gasteiger partial charge in [0.05, 0.1) is 17.2 Å². The molecule has 0 aromatic heterocycles. The van der Waals surface area contributed by atoms with Gasteiger partial charge in [-0.05, 0) is 60.0 Å². The summed E-state index contributed by atoms with van der Waals surface area (Å²) in [6.07, 6.45) is 3.15. The molecule has 0 aromatic rings. The molecule has 21 heavy (non-hydrogen) atoms. The van der Waals surface area contributed by atoms with Crippen LogP contribution in [0.4, 0.5) is 0 Å². The van der Waals surface area contributed by atoms with Gasteiger partial charge in [-0.15, -0.1) is 0 Å². The van der Waals surface area contributed by atoms with E-state index in [4.69, 9.17) is 10.5 Å². The van der Waals surface area contributed by atoms with E-state index in [1.54, 1.807) is 0 Å². The number of hydrogen-bond acceptors (Lipinski definition) is 4. The highest BCUT2D eigenvalue weighted by atomic mass is 16.5. The first-order valence-electron chi connectivity index (χ1n) is 8.13. The van der Waals surface area contributed by atoms with E-state index in [0.717, 1.165) is 45.4 Å². The highest BCUT2D eigenvalue weighted by molar-refractivity contribution is 5.84. The van der Waals surface area contributed by atoms with Gasteiger partial charge >= 0.3 is 0 Å². The first-order valence-corrected chi connectivity index (χ1v) is 8.13. The van der Waals surface area contributed by atoms with E-state index >= 15 is 0 Å². The lowest BCUT2D eigenvalue weighted by molar-refractivity contribution is -0.128. The molecule has 0 saturated carbocycles. The van der Waals surface area contributed by atoms with Gasteiger partial charge in [-0.3, -0.25) is 9.69 Å². The first kappa shape index (κ1) is 18.4. The molecular weight excluding hydrogens is 266 g/mol. The Morgan fingerprint density at radius 1 is 1.48 bits per heavy atom. The summed E-state index contributed by atoms with van der Waals surface area (Å²) in [4.78, 5) is 14.0. The monoisotopic (exact) mass is 299 g/mol. The maximum absolute atomic E-state index is 11.6. The summed E-state index contributed by atoms with van der Waals surface area (Å²) in [5, 5.41) is 3.21. The Kier molecular flexibility index (Phi) is 6.63. The molecule has 2 atom stereocenters. The number of primary amides is 1. The molecule has 0 spiro atoms. The second-order valence-electron chi connectivity index (χ2n) is 7.11. The second kappa shape index (κ2) is 7.56. The Labute approximate surface area is 129 Å². The molecule has 1 rings (SSSR count). The smallest absolute Gasteiger partial charge is 0.237 e. The number of hydrogen-bond donors (Lipinski definition) is 2. The highest BCUT2D eigenvalue weighted by Crippen LogP contribution is 2.21. The third kappa shape index (κ3) is 5.93. The second-order valence-corrected chi connectivity index (χ2v) is 7.11. The van der Waals surface area contributed by atoms with Crippen LogP contribution in [0.25, 0.3) is 0 Å². The first-order chi connectivity index (χ1) is 9.68. The van der Waals surface area contributed by atoms with Crippen molar-refractivity contribution in [2.24, 2.45) is 5.73 Å². The summed E-state index contributed by atoms with van der Waals surface area (Å²) in [5.41, 5.74) is 4.86. The molecule has 1 fully saturated rings. The summed E-state index contributed by atoms with van der Waals surface area (Å²) < 4.78 is 5.91. The number of rotatable bonds is 8. The Morgan fingerprint density at radius 3 is 2.67 bits per heavy atom. The quantitative estimate of drug-likeness (QED) is 0.667. The Bertz CT molecular complexity index is 346. The zero-order valence-corrected chi connectivity index (χ0v) is 14.4. The zero-order chi connectivity index (χ0) is 16.1. The van der Waals surface area contributed by atoms with Crippen molar-refractivity contribution >= 4 is 5.91 Å². The van der Waals surface area contributed by atoms with Crippen LogP contribution in [0.1, 0.15) is 53.9 Å². The molecule has 2 unspecified atom stereocenters. The molecule has 124 valence electrons. The fourth-order valence-electron chi connectivity index (χ4n) is 3.26. The van der Waals surface area contributed by atoms with E-state index in [9.17, 15) is 4.79 Å². The van der Waals surface area contributed by atoms with Crippen LogP contribution in [0.15, 0.2) is 0 Å². The molecule has 0 bridgehead atoms. The number of amides is 1. The van der Waals surface area contributed by atoms with Crippen LogP contribution in [-0.4, -0.2) is 54.2 Å². The van der Waals surface area contributed by atoms with Crippen molar-refractivity contribution < 1.29 is 9.53 Å². The number of carbonyl (C=O) groups excluding carboxylic acids is 1. The van der Waals surface area contributed by atoms with Crippen LogP contribution >= 0.6 is 0 Å². The van der Waals surface area contributed by atoms with E-state index in [-0.39, 0.29) is 17.6 Å². The number of unbranched alkanes of at least 4 members (excludes halogenated alkanes) is 1. The molecule has 1 aliphatic heterocycles. The SMILES string of the molecule is CCNC(C)(CCCCN1CC(C)OC(C)(C)C1)C(N)=O. The average molecular weight is 299 g/mol. The molecule has 0 radical (unpaired) electrons. The van der Waals surface area contributed by atoms with Gasteiger partial charge in [-0.25, -0.2) is 0 Å². The molecule has 5 heteroatoms. The van der Waals surface area contributed by atoms with E-state index in [0.29, 0.717) is 0 Å². The summed E-state index contributed by atoms with van der Waals surface area (Å²) in [5.74, 6) is -0.259. The lowest BCUT2D eigenvalue weighted by Gasteiger charge is -2.41. The van der Waals surface area contributed by atoms with E-state index in [1.807, 2.05) is 13.8 Å². The number of nitrogens with one attached hydrogen (secondary N) is 1. The van der Waals surface area contributed by atoms with Crippen molar-refractivity contribution in [3.8, 4) is 0 Å². The molecular formula is C16H33N3O2. The van der Waals surface area contributed by atoms with Gasteiger partial charge in [0, 0.05) is 13.1 Å². The van der Waals surface area contributed by atoms with Gasteiger partial charge in [0.1, 0.15) is 0 Å². The third-order valence-electron chi connectivity index (χ3n) is 4.15. The van der Waals surface area contributed by atoms with E-state index in [2.05, 4.69) is 31.0 Å². The molecule has 1 saturated heterocycles. The van der Waals surface area contributed by atoms with Crippen LogP contribution in [0.3, 0.4) is 0 Å². The standard InChI is InChI=1S/C16H33N3O2/c1-6-18-16(5,14(17)20)9-7-8-10-19-11-13(2)21-15(3,4)12-19/h13,18H,6-12H2,1-5H3,(H2,17,20). The van der Waals surface area contributed by atoms with Gasteiger partial charge in [-0.2, -0.15) is 0 Å². The van der Waals surface area contributed by atoms with Gasteiger partial charge in [0.15, 0.2) is 0 Å². The fraction of sp³-hybridized carbons (Fsp3) is 0.938. The molecule has 1 heterocycles. The average Bonchev–Trinajstić information content (AvgIpc) is 2.32. The maximum Gasteiger partial charge on any atom is 0.237 e. The van der Waals surface area contributed by atoms with Crippen LogP contribution in [0.5, 0.6) is 0 Å². The Morgan fingerprint density at radius 2 is 2.14 bits per heavy atom. The number of nitrogens with two attached hydrogens (primary N) is 1. The minimum atomic E-state index is -0.577. The fourth-order valence-corrected chi connectivity index (χ4v) is 3.26. The van der Waals surface area contributed by atoms with Crippen LogP contribution in [0.2, 0.25) is 0 Å². The van der Waals surface area contributed by atoms with Gasteiger partial charge in [0.2, 0.25) is 5.91 Å². The van der Waals surface area contributed by atoms with E-state index in [1.165, 1.54) is 0 Å². The lowest BCUT2D eigenvalue weighted by atomic mass is 9.93. The minimum Gasteiger partial charge on any atom is -0.370 e. The minimum absolute atomic E-state index is 0.0663. The molecule has 3 N–H and O–H groups in total. The van der Waals surface area contributed by atoms with Crippen molar-refractivity contribution in [2.75, 3.05) is 26.2 Å². The zero-order valence-electron chi connectivity index (χ0n) is 14.4. The Hall–Kier alpha value is -0.650. The van der Waals surface area contributed by atoms with Crippen molar-refractivity contribution in [1.82, 2.24) is 10.2 Å². The van der Waals surface area contributed by atoms with Gasteiger partial charge in [-0.1, -0.05) is 6.92 Å². The summed E-state index contributed by atoms with van der Waals surface area (Å²) >= 11 is 0. The number of likely N-dealkylation sites (N-methyl/N-ethyl adjacent to an activating group) is 1. The summed E-state index contributed by atoms with van der Waals surface area (Å²) in [6.45, 7) is 14.1. The molecule has 0 aromatic carbocycles. The topological polar surface area (TPSA) is 67.6 Å². The largest absolute Gasteiger partial charge is 0.370 e. The van der Waals surface area contributed by atoms with Gasteiger partial charge in [0.25, 0.3) is 0 Å². The maximum atomic E-state index is 11.6. The third-order valence-corrected chi connectivity index (χ3v) is 4.15. The highest BCUT2D eigenvalue weighted by Gasteiger charge is 2.32. The van der Waals surface area contributed by atoms with Crippen LogP contribution < -0.4 is 11.1 Å². The number of ether oxygens (including phenoxy) is 1. The van der Waals surface area contributed by atoms with Crippen LogP contribution in [0, 0.1) is 0 Å². The number of nitrogens with zero attached hydrogens (tertiary/aromatic N) is 1. The predicted octanol–water partition coefficient (Wildman–Crippen LogP) is 1.51. The molecule has 1 aliphatic rings. The molecule has 0 aliphatic carbocycles. The number of morpholine rings is 1. The van der Waals surface area contributed by atoms with Crippen LogP contribution in [-0.2, 0) is 9.53 Å². The van der Waals surface area contributed by atoms with Crippen molar-refractivity contribution in [3.05, 3.63) is 0 Å². The van der Waals surface area contributed by atoms with Crippen molar-refractivity contribution in [1.29, 1.82) is 0 Å². The normalized spacial score (nSPS) is 25.5.